The molecule has 9 heteroatoms. The molecule has 0 aliphatic carbocycles. The topological polar surface area (TPSA) is 96.6 Å². The summed E-state index contributed by atoms with van der Waals surface area (Å²) in [7, 11) is 0. The Kier molecular flexibility index (Phi) is 10.8. The summed E-state index contributed by atoms with van der Waals surface area (Å²) < 4.78 is 14.4. The van der Waals surface area contributed by atoms with Crippen molar-refractivity contribution in [2.45, 2.75) is 85.2 Å². The van der Waals surface area contributed by atoms with Crippen molar-refractivity contribution in [3.05, 3.63) is 79.6 Å². The molecular formula is C37H41ClN2O6. The quantitative estimate of drug-likeness (QED) is 0.0694. The smallest absolute Gasteiger partial charge is 0.305 e. The van der Waals surface area contributed by atoms with Crippen molar-refractivity contribution in [3.63, 3.8) is 0 Å². The number of ether oxygens (including phenoxy) is 2. The molecule has 0 amide bonds. The lowest BCUT2D eigenvalue weighted by Crippen LogP contribution is -2.16. The number of unbranched alkanes of at least 4 members (excludes halogenated alkanes) is 4. The third kappa shape index (κ3) is 7.12. The summed E-state index contributed by atoms with van der Waals surface area (Å²) in [6.07, 6.45) is 5.37. The lowest BCUT2D eigenvalue weighted by atomic mass is 10.0. The van der Waals surface area contributed by atoms with Crippen LogP contribution in [0.5, 0.6) is 0 Å². The van der Waals surface area contributed by atoms with Gasteiger partial charge in [-0.25, -0.2) is 0 Å². The number of nitrogens with zero attached hydrogens (tertiary/aromatic N) is 2. The summed E-state index contributed by atoms with van der Waals surface area (Å²) in [4.78, 5) is 51.7. The normalized spacial score (nSPS) is 11.6. The number of hydrogen-bond donors (Lipinski definition) is 0. The van der Waals surface area contributed by atoms with Crippen LogP contribution < -0.4 is 10.9 Å². The fourth-order valence-corrected chi connectivity index (χ4v) is 6.48. The van der Waals surface area contributed by atoms with Crippen LogP contribution in [-0.2, 0) is 32.2 Å². The lowest BCUT2D eigenvalue weighted by Gasteiger charge is -2.19. The molecule has 0 saturated heterocycles. The van der Waals surface area contributed by atoms with E-state index < -0.39 is 0 Å². The van der Waals surface area contributed by atoms with Crippen molar-refractivity contribution in [2.24, 2.45) is 0 Å². The largest absolute Gasteiger partial charge is 0.466 e. The van der Waals surface area contributed by atoms with Crippen molar-refractivity contribution in [2.75, 3.05) is 13.2 Å². The van der Waals surface area contributed by atoms with Crippen LogP contribution in [0.4, 0.5) is 0 Å². The first-order valence-electron chi connectivity index (χ1n) is 16.3. The number of esters is 2. The molecule has 0 unspecified atom stereocenters. The lowest BCUT2D eigenvalue weighted by molar-refractivity contribution is -0.144. The molecule has 5 aromatic rings. The van der Waals surface area contributed by atoms with E-state index in [-0.39, 0.29) is 22.8 Å². The number of rotatable bonds is 14. The van der Waals surface area contributed by atoms with Crippen LogP contribution >= 0.6 is 11.6 Å². The monoisotopic (exact) mass is 644 g/mol. The van der Waals surface area contributed by atoms with Crippen molar-refractivity contribution in [1.82, 2.24) is 9.13 Å². The zero-order valence-electron chi connectivity index (χ0n) is 26.8. The standard InChI is InChI=1S/C37H41ClN2O6/c1-4-45-34(41)12-8-6-10-18-39-30-16-14-24(3)20-26(30)36(43)28-22-33-29(23-32(28)39)37(44)27-21-25(38)15-17-31(27)40(33)19-11-7-9-13-35(42)46-5-2/h14-17,20-23H,4-13,18-19H2,1-3H3. The van der Waals surface area contributed by atoms with Gasteiger partial charge in [0.15, 0.2) is 10.9 Å². The first-order chi connectivity index (χ1) is 22.2. The van der Waals surface area contributed by atoms with Crippen molar-refractivity contribution < 1.29 is 19.1 Å². The van der Waals surface area contributed by atoms with Gasteiger partial charge in [-0.3, -0.25) is 19.2 Å². The van der Waals surface area contributed by atoms with E-state index in [0.29, 0.717) is 89.6 Å². The Hall–Kier alpha value is -4.17. The van der Waals surface area contributed by atoms with Crippen LogP contribution in [0.25, 0.3) is 43.6 Å². The van der Waals surface area contributed by atoms with Gasteiger partial charge in [0, 0.05) is 52.5 Å². The fraction of sp³-hybridized carbons (Fsp3) is 0.405. The predicted octanol–water partition coefficient (Wildman–Crippen LogP) is 7.83. The molecule has 0 saturated carbocycles. The number of benzene rings is 3. The molecule has 0 N–H and O–H groups in total. The van der Waals surface area contributed by atoms with Crippen molar-refractivity contribution in [1.29, 1.82) is 0 Å². The highest BCUT2D eigenvalue weighted by Crippen LogP contribution is 2.28. The van der Waals surface area contributed by atoms with Crippen LogP contribution in [-0.4, -0.2) is 34.3 Å². The molecule has 0 fully saturated rings. The van der Waals surface area contributed by atoms with E-state index in [4.69, 9.17) is 21.1 Å². The van der Waals surface area contributed by atoms with E-state index in [1.165, 1.54) is 0 Å². The zero-order chi connectivity index (χ0) is 32.8. The Morgan fingerprint density at radius 3 is 1.57 bits per heavy atom. The molecule has 0 aliphatic rings. The summed E-state index contributed by atoms with van der Waals surface area (Å²) >= 11 is 6.37. The number of halogens is 1. The number of carbonyl (C=O) groups is 2. The van der Waals surface area contributed by atoms with Gasteiger partial charge in [0.2, 0.25) is 0 Å². The maximum Gasteiger partial charge on any atom is 0.305 e. The maximum absolute atomic E-state index is 14.1. The van der Waals surface area contributed by atoms with Gasteiger partial charge in [0.1, 0.15) is 0 Å². The van der Waals surface area contributed by atoms with Crippen molar-refractivity contribution >= 4 is 67.2 Å². The number of fused-ring (bicyclic) bond motifs is 4. The Balaban J connectivity index is 1.61. The summed E-state index contributed by atoms with van der Waals surface area (Å²) in [5.74, 6) is -0.382. The highest BCUT2D eigenvalue weighted by molar-refractivity contribution is 6.31. The highest BCUT2D eigenvalue weighted by atomic mass is 35.5. The Morgan fingerprint density at radius 1 is 0.609 bits per heavy atom. The minimum absolute atomic E-state index is 0.0706. The summed E-state index contributed by atoms with van der Waals surface area (Å²) in [5.41, 5.74) is 3.77. The van der Waals surface area contributed by atoms with Gasteiger partial charge in [-0.2, -0.15) is 0 Å². The second-order valence-electron chi connectivity index (χ2n) is 11.8. The molecule has 242 valence electrons. The fourth-order valence-electron chi connectivity index (χ4n) is 6.31. The first kappa shape index (κ1) is 33.2. The minimum Gasteiger partial charge on any atom is -0.466 e. The van der Waals surface area contributed by atoms with Crippen LogP contribution in [0.3, 0.4) is 0 Å². The van der Waals surface area contributed by atoms with Crippen LogP contribution in [0.1, 0.15) is 70.8 Å². The molecule has 0 atom stereocenters. The van der Waals surface area contributed by atoms with E-state index >= 15 is 0 Å². The van der Waals surface area contributed by atoms with Crippen LogP contribution in [0.15, 0.2) is 58.1 Å². The third-order valence-corrected chi connectivity index (χ3v) is 8.74. The molecule has 46 heavy (non-hydrogen) atoms. The average Bonchev–Trinajstić information content (AvgIpc) is 3.03. The second kappa shape index (κ2) is 14.9. The zero-order valence-corrected chi connectivity index (χ0v) is 27.6. The first-order valence-corrected chi connectivity index (χ1v) is 16.6. The van der Waals surface area contributed by atoms with Gasteiger partial charge in [-0.1, -0.05) is 36.1 Å². The van der Waals surface area contributed by atoms with E-state index in [2.05, 4.69) is 9.13 Å². The maximum atomic E-state index is 14.1. The number of aromatic nitrogens is 2. The van der Waals surface area contributed by atoms with Gasteiger partial charge >= 0.3 is 11.9 Å². The molecule has 2 aromatic heterocycles. The number of aryl methyl sites for hydroxylation is 3. The Bertz CT molecular complexity index is 1900. The molecule has 0 radical (unpaired) electrons. The van der Waals surface area contributed by atoms with Crippen LogP contribution in [0, 0.1) is 6.92 Å². The molecule has 3 aromatic carbocycles. The van der Waals surface area contributed by atoms with E-state index in [0.717, 1.165) is 42.3 Å². The molecule has 5 rings (SSSR count). The van der Waals surface area contributed by atoms with Gasteiger partial charge < -0.3 is 18.6 Å². The third-order valence-electron chi connectivity index (χ3n) is 8.50. The number of carbonyl (C=O) groups excluding carboxylic acids is 2. The number of hydrogen-bond acceptors (Lipinski definition) is 6. The summed E-state index contributed by atoms with van der Waals surface area (Å²) in [6.45, 7) is 7.55. The van der Waals surface area contributed by atoms with Gasteiger partial charge in [-0.05, 0) is 88.9 Å². The highest BCUT2D eigenvalue weighted by Gasteiger charge is 2.18. The number of pyridine rings is 2. The molecular weight excluding hydrogens is 604 g/mol. The van der Waals surface area contributed by atoms with Gasteiger partial charge in [0.25, 0.3) is 0 Å². The Labute approximate surface area is 272 Å². The Morgan fingerprint density at radius 2 is 1.07 bits per heavy atom. The SMILES string of the molecule is CCOC(=O)CCCCCn1c2ccc(C)cc2c(=O)c2cc3c(cc21)c(=O)c1cc(Cl)ccc1n3CCCCCC(=O)OCC. The molecule has 0 spiro atoms. The molecule has 8 nitrogen and oxygen atoms in total. The van der Waals surface area contributed by atoms with E-state index in [1.54, 1.807) is 26.0 Å². The molecule has 0 bridgehead atoms. The van der Waals surface area contributed by atoms with Crippen molar-refractivity contribution in [3.8, 4) is 0 Å². The van der Waals surface area contributed by atoms with E-state index in [1.807, 2.05) is 43.3 Å². The molecule has 2 heterocycles. The van der Waals surface area contributed by atoms with Gasteiger partial charge in [-0.15, -0.1) is 0 Å². The predicted molar refractivity (Wildman–Crippen MR) is 185 cm³/mol. The average molecular weight is 645 g/mol. The van der Waals surface area contributed by atoms with E-state index in [9.17, 15) is 19.2 Å². The summed E-state index contributed by atoms with van der Waals surface area (Å²) in [5, 5.41) is 2.72. The summed E-state index contributed by atoms with van der Waals surface area (Å²) in [6, 6.07) is 15.0. The van der Waals surface area contributed by atoms with Crippen LogP contribution in [0.2, 0.25) is 5.02 Å². The second-order valence-corrected chi connectivity index (χ2v) is 12.2. The minimum atomic E-state index is -0.194. The molecule has 0 aliphatic heterocycles. The van der Waals surface area contributed by atoms with Gasteiger partial charge in [0.05, 0.1) is 35.3 Å².